The van der Waals surface area contributed by atoms with Crippen molar-refractivity contribution in [1.29, 1.82) is 0 Å². The van der Waals surface area contributed by atoms with Crippen LogP contribution in [0.1, 0.15) is 22.9 Å². The van der Waals surface area contributed by atoms with Crippen LogP contribution in [-0.2, 0) is 16.1 Å². The van der Waals surface area contributed by atoms with E-state index >= 15 is 0 Å². The fraction of sp³-hybridized carbons (Fsp3) is 0.0952. The molecule has 150 valence electrons. The number of aliphatic hydroxyl groups is 1. The zero-order chi connectivity index (χ0) is 21.3. The molecule has 0 unspecified atom stereocenters. The van der Waals surface area contributed by atoms with Crippen molar-refractivity contribution in [2.24, 2.45) is 0 Å². The summed E-state index contributed by atoms with van der Waals surface area (Å²) in [6.07, 6.45) is 4.49. The molecule has 3 heterocycles. The number of pyridine rings is 1. The van der Waals surface area contributed by atoms with Crippen LogP contribution in [0.4, 0.5) is 5.69 Å². The van der Waals surface area contributed by atoms with Gasteiger partial charge in [-0.25, -0.2) is 0 Å². The van der Waals surface area contributed by atoms with Crippen LogP contribution < -0.4 is 0 Å². The molecule has 1 aliphatic heterocycles. The normalized spacial score (nSPS) is 18.0. The fourth-order valence-corrected chi connectivity index (χ4v) is 3.42. The maximum atomic E-state index is 12.9. The topological polar surface area (TPSA) is 127 Å². The van der Waals surface area contributed by atoms with E-state index in [1.165, 1.54) is 35.6 Å². The van der Waals surface area contributed by atoms with Gasteiger partial charge in [0.15, 0.2) is 0 Å². The second-order valence-corrected chi connectivity index (χ2v) is 6.60. The summed E-state index contributed by atoms with van der Waals surface area (Å²) in [4.78, 5) is 41.5. The fourth-order valence-electron chi connectivity index (χ4n) is 3.42. The van der Waals surface area contributed by atoms with Crippen molar-refractivity contribution in [2.75, 3.05) is 0 Å². The summed E-state index contributed by atoms with van der Waals surface area (Å²) < 4.78 is 5.31. The molecule has 2 aromatic heterocycles. The molecule has 1 aliphatic rings. The Balaban J connectivity index is 1.87. The number of carbonyl (C=O) groups excluding carboxylic acids is 2. The summed E-state index contributed by atoms with van der Waals surface area (Å²) in [6, 6.07) is 11.0. The zero-order valence-corrected chi connectivity index (χ0v) is 15.5. The Labute approximate surface area is 170 Å². The monoisotopic (exact) mass is 405 g/mol. The molecule has 1 saturated heterocycles. The number of ketones is 1. The molecule has 30 heavy (non-hydrogen) atoms. The van der Waals surface area contributed by atoms with E-state index in [4.69, 9.17) is 4.42 Å². The zero-order valence-electron chi connectivity index (χ0n) is 15.5. The van der Waals surface area contributed by atoms with Gasteiger partial charge in [0.25, 0.3) is 17.4 Å². The number of amides is 1. The van der Waals surface area contributed by atoms with Gasteiger partial charge in [0.2, 0.25) is 0 Å². The number of furan rings is 1. The lowest BCUT2D eigenvalue weighted by Crippen LogP contribution is -2.29. The maximum absolute atomic E-state index is 12.9. The van der Waals surface area contributed by atoms with Crippen LogP contribution in [0, 0.1) is 10.1 Å². The van der Waals surface area contributed by atoms with Gasteiger partial charge in [-0.2, -0.15) is 0 Å². The molecule has 3 aromatic rings. The molecule has 0 bridgehead atoms. The van der Waals surface area contributed by atoms with Gasteiger partial charge >= 0.3 is 0 Å². The van der Waals surface area contributed by atoms with Crippen LogP contribution >= 0.6 is 0 Å². The van der Waals surface area contributed by atoms with Crippen molar-refractivity contribution in [3.63, 3.8) is 0 Å². The van der Waals surface area contributed by atoms with Gasteiger partial charge in [-0.05, 0) is 23.8 Å². The number of hydrogen-bond donors (Lipinski definition) is 1. The van der Waals surface area contributed by atoms with Crippen molar-refractivity contribution in [3.8, 4) is 0 Å². The summed E-state index contributed by atoms with van der Waals surface area (Å²) in [5.74, 6) is -1.74. The van der Waals surface area contributed by atoms with Gasteiger partial charge in [0.05, 0.1) is 29.3 Å². The SMILES string of the molecule is O=C1C(=O)N(Cc2ccco2)[C@H](c2cccnc2)/C1=C(\O)c1cccc([N+](=O)[O-])c1. The summed E-state index contributed by atoms with van der Waals surface area (Å²) >= 11 is 0. The molecule has 0 spiro atoms. The van der Waals surface area contributed by atoms with E-state index in [9.17, 15) is 24.8 Å². The lowest BCUT2D eigenvalue weighted by Gasteiger charge is -2.24. The number of Topliss-reactive ketones (excluding diaryl/α,β-unsaturated/α-hetero) is 1. The first-order valence-corrected chi connectivity index (χ1v) is 8.93. The number of aromatic nitrogens is 1. The Morgan fingerprint density at radius 1 is 1.20 bits per heavy atom. The first-order valence-electron chi connectivity index (χ1n) is 8.93. The number of nitrogens with zero attached hydrogens (tertiary/aromatic N) is 3. The third-order valence-electron chi connectivity index (χ3n) is 4.78. The second kappa shape index (κ2) is 7.63. The Morgan fingerprint density at radius 3 is 2.70 bits per heavy atom. The molecule has 1 N–H and O–H groups in total. The largest absolute Gasteiger partial charge is 0.507 e. The Morgan fingerprint density at radius 2 is 2.03 bits per heavy atom. The van der Waals surface area contributed by atoms with E-state index in [0.29, 0.717) is 11.3 Å². The molecule has 9 heteroatoms. The molecule has 1 amide bonds. The highest BCUT2D eigenvalue weighted by Crippen LogP contribution is 2.40. The third-order valence-corrected chi connectivity index (χ3v) is 4.78. The molecule has 1 fully saturated rings. The van der Waals surface area contributed by atoms with Crippen molar-refractivity contribution in [3.05, 3.63) is 99.8 Å². The van der Waals surface area contributed by atoms with Crippen LogP contribution in [0.3, 0.4) is 0 Å². The number of rotatable bonds is 5. The van der Waals surface area contributed by atoms with Gasteiger partial charge < -0.3 is 14.4 Å². The number of carbonyl (C=O) groups is 2. The van der Waals surface area contributed by atoms with Gasteiger partial charge in [0.1, 0.15) is 11.5 Å². The highest BCUT2D eigenvalue weighted by Gasteiger charge is 2.46. The summed E-state index contributed by atoms with van der Waals surface area (Å²) in [5.41, 5.74) is 0.158. The number of non-ortho nitro benzene ring substituents is 1. The van der Waals surface area contributed by atoms with E-state index in [1.54, 1.807) is 30.5 Å². The average molecular weight is 405 g/mol. The number of nitro groups is 1. The van der Waals surface area contributed by atoms with Crippen molar-refractivity contribution in [1.82, 2.24) is 9.88 Å². The van der Waals surface area contributed by atoms with E-state index < -0.39 is 28.4 Å². The number of hydrogen-bond acceptors (Lipinski definition) is 7. The van der Waals surface area contributed by atoms with Crippen LogP contribution in [0.15, 0.2) is 77.2 Å². The predicted molar refractivity (Wildman–Crippen MR) is 104 cm³/mol. The predicted octanol–water partition coefficient (Wildman–Crippen LogP) is 3.20. The first kappa shape index (κ1) is 19.1. The molecular formula is C21H15N3O6. The molecule has 0 radical (unpaired) electrons. The minimum absolute atomic E-state index is 0.00283. The van der Waals surface area contributed by atoms with E-state index in [0.717, 1.165) is 6.07 Å². The van der Waals surface area contributed by atoms with Crippen molar-refractivity contribution >= 4 is 23.1 Å². The van der Waals surface area contributed by atoms with Crippen molar-refractivity contribution < 1.29 is 24.0 Å². The lowest BCUT2D eigenvalue weighted by molar-refractivity contribution is -0.384. The van der Waals surface area contributed by atoms with Gasteiger partial charge in [0, 0.05) is 30.1 Å². The number of likely N-dealkylation sites (tertiary alicyclic amines) is 1. The van der Waals surface area contributed by atoms with Gasteiger partial charge in [-0.1, -0.05) is 18.2 Å². The number of benzene rings is 1. The highest BCUT2D eigenvalue weighted by atomic mass is 16.6. The summed E-state index contributed by atoms with van der Waals surface area (Å²) in [6.45, 7) is 0.00283. The number of nitro benzene ring substituents is 1. The van der Waals surface area contributed by atoms with Crippen molar-refractivity contribution in [2.45, 2.75) is 12.6 Å². The lowest BCUT2D eigenvalue weighted by atomic mass is 9.96. The van der Waals surface area contributed by atoms with Gasteiger partial charge in [-0.15, -0.1) is 0 Å². The molecular weight excluding hydrogens is 390 g/mol. The number of aliphatic hydroxyl groups excluding tert-OH is 1. The molecule has 1 aromatic carbocycles. The first-order chi connectivity index (χ1) is 14.5. The van der Waals surface area contributed by atoms with Crippen LogP contribution in [0.25, 0.3) is 5.76 Å². The third kappa shape index (κ3) is 3.32. The molecule has 1 atom stereocenters. The molecule has 0 saturated carbocycles. The van der Waals surface area contributed by atoms with E-state index in [2.05, 4.69) is 4.98 Å². The van der Waals surface area contributed by atoms with Gasteiger partial charge in [-0.3, -0.25) is 24.7 Å². The minimum Gasteiger partial charge on any atom is -0.507 e. The van der Waals surface area contributed by atoms with Crippen LogP contribution in [0.2, 0.25) is 0 Å². The molecule has 4 rings (SSSR count). The maximum Gasteiger partial charge on any atom is 0.296 e. The Hall–Kier alpha value is -4.27. The summed E-state index contributed by atoms with van der Waals surface area (Å²) in [5, 5.41) is 22.0. The van der Waals surface area contributed by atoms with E-state index in [-0.39, 0.29) is 23.4 Å². The highest BCUT2D eigenvalue weighted by molar-refractivity contribution is 6.46. The van der Waals surface area contributed by atoms with Crippen LogP contribution in [0.5, 0.6) is 0 Å². The quantitative estimate of drug-likeness (QED) is 0.227. The Bertz CT molecular complexity index is 1150. The Kier molecular flexibility index (Phi) is 4.85. The van der Waals surface area contributed by atoms with Crippen LogP contribution in [-0.4, -0.2) is 31.6 Å². The molecule has 9 nitrogen and oxygen atoms in total. The van der Waals surface area contributed by atoms with E-state index in [1.807, 2.05) is 0 Å². The minimum atomic E-state index is -0.928. The second-order valence-electron chi connectivity index (χ2n) is 6.60. The average Bonchev–Trinajstić information content (AvgIpc) is 3.36. The smallest absolute Gasteiger partial charge is 0.296 e. The summed E-state index contributed by atoms with van der Waals surface area (Å²) in [7, 11) is 0. The standard InChI is InChI=1S/C21H15N3O6/c25-19(13-4-1-6-15(10-13)24(28)29)17-18(14-5-2-8-22-11-14)23(21(27)20(17)26)12-16-7-3-9-30-16/h1-11,18,25H,12H2/b19-17+/t18-/m1/s1. The molecule has 0 aliphatic carbocycles.